The van der Waals surface area contributed by atoms with Crippen molar-refractivity contribution in [3.05, 3.63) is 73.7 Å². The fraction of sp³-hybridized carbons (Fsp3) is 0.304. The van der Waals surface area contributed by atoms with Crippen LogP contribution < -0.4 is 5.32 Å². The average Bonchev–Trinajstić information content (AvgIpc) is 2.71. The van der Waals surface area contributed by atoms with E-state index in [-0.39, 0.29) is 39.0 Å². The number of Topliss-reactive ketones (excluding diaryl/α,β-unsaturated/α-hetero) is 1. The van der Waals surface area contributed by atoms with Crippen molar-refractivity contribution in [3.8, 4) is 0 Å². The molecule has 2 aromatic carbocycles. The number of carbonyl (C=O) groups excluding carboxylic acids is 2. The van der Waals surface area contributed by atoms with Crippen LogP contribution in [-0.4, -0.2) is 43.0 Å². The number of benzene rings is 2. The van der Waals surface area contributed by atoms with Crippen LogP contribution in [0.4, 0.5) is 18.0 Å². The van der Waals surface area contributed by atoms with E-state index in [1.807, 2.05) is 0 Å². The third kappa shape index (κ3) is 7.13. The average molecular weight is 522 g/mol. The molecule has 0 aliphatic carbocycles. The van der Waals surface area contributed by atoms with E-state index >= 15 is 0 Å². The minimum absolute atomic E-state index is 0.0133. The number of urea groups is 1. The van der Waals surface area contributed by atoms with Gasteiger partial charge in [-0.05, 0) is 42.7 Å². The summed E-state index contributed by atoms with van der Waals surface area (Å²) in [7, 11) is 1.50. The standard InChI is InChI=1S/C23H22Cl3F3N2O2/c1-4-30-22(33)31(3)12-20(32)16-7-5-14(9-13(16)2)6-8-17(23(27,28)29)15-10-18(24)21(26)19(25)11-15/h5-11,17H,4,12H2,1-3H3,(H,30,33)/b8-6+. The van der Waals surface area contributed by atoms with E-state index in [1.54, 1.807) is 19.9 Å². The van der Waals surface area contributed by atoms with E-state index in [9.17, 15) is 22.8 Å². The second-order valence-electron chi connectivity index (χ2n) is 7.37. The third-order valence-corrected chi connectivity index (χ3v) is 6.00. The Morgan fingerprint density at radius 2 is 1.73 bits per heavy atom. The molecule has 10 heteroatoms. The third-order valence-electron chi connectivity index (χ3n) is 4.81. The number of likely N-dealkylation sites (N-methyl/N-ethyl adjacent to an activating group) is 1. The molecule has 0 fully saturated rings. The maximum absolute atomic E-state index is 13.7. The summed E-state index contributed by atoms with van der Waals surface area (Å²) >= 11 is 17.7. The number of nitrogens with zero attached hydrogens (tertiary/aromatic N) is 1. The quantitative estimate of drug-likeness (QED) is 0.310. The molecule has 2 rings (SSSR count). The number of carbonyl (C=O) groups is 2. The van der Waals surface area contributed by atoms with Crippen LogP contribution in [0.1, 0.15) is 39.9 Å². The first-order chi connectivity index (χ1) is 15.3. The van der Waals surface area contributed by atoms with E-state index in [1.165, 1.54) is 30.2 Å². The first-order valence-electron chi connectivity index (χ1n) is 9.87. The van der Waals surface area contributed by atoms with E-state index in [4.69, 9.17) is 34.8 Å². The molecule has 0 radical (unpaired) electrons. The highest BCUT2D eigenvalue weighted by Crippen LogP contribution is 2.41. The monoisotopic (exact) mass is 520 g/mol. The van der Waals surface area contributed by atoms with Crippen molar-refractivity contribution in [2.24, 2.45) is 0 Å². The second-order valence-corrected chi connectivity index (χ2v) is 8.56. The van der Waals surface area contributed by atoms with E-state index in [0.29, 0.717) is 23.2 Å². The number of rotatable bonds is 7. The Bertz CT molecular complexity index is 1050. The lowest BCUT2D eigenvalue weighted by molar-refractivity contribution is -0.139. The number of allylic oxidation sites excluding steroid dienone is 1. The SMILES string of the molecule is CCNC(=O)N(C)CC(=O)c1ccc(/C=C/C(c2cc(Cl)c(Cl)c(Cl)c2)C(F)(F)F)cc1C. The summed E-state index contributed by atoms with van der Waals surface area (Å²) in [6.07, 6.45) is -2.28. The largest absolute Gasteiger partial charge is 0.399 e. The van der Waals surface area contributed by atoms with Gasteiger partial charge >= 0.3 is 12.2 Å². The molecule has 0 aliphatic heterocycles. The van der Waals surface area contributed by atoms with Crippen molar-refractivity contribution in [3.63, 3.8) is 0 Å². The van der Waals surface area contributed by atoms with Crippen molar-refractivity contribution in [1.82, 2.24) is 10.2 Å². The predicted octanol–water partition coefficient (Wildman–Crippen LogP) is 7.16. The number of nitrogens with one attached hydrogen (secondary N) is 1. The summed E-state index contributed by atoms with van der Waals surface area (Å²) in [5.74, 6) is -2.24. The lowest BCUT2D eigenvalue weighted by Gasteiger charge is -2.18. The van der Waals surface area contributed by atoms with Crippen LogP contribution >= 0.6 is 34.8 Å². The second kappa shape index (κ2) is 11.3. The summed E-state index contributed by atoms with van der Waals surface area (Å²) in [6.45, 7) is 3.75. The minimum atomic E-state index is -4.59. The molecule has 4 nitrogen and oxygen atoms in total. The fourth-order valence-electron chi connectivity index (χ4n) is 3.13. The van der Waals surface area contributed by atoms with Gasteiger partial charge in [-0.15, -0.1) is 0 Å². The van der Waals surface area contributed by atoms with Gasteiger partial charge in [0.15, 0.2) is 5.78 Å². The lowest BCUT2D eigenvalue weighted by atomic mass is 9.96. The zero-order valence-corrected chi connectivity index (χ0v) is 20.3. The molecule has 2 aromatic rings. The van der Waals surface area contributed by atoms with Crippen LogP contribution in [0, 0.1) is 6.92 Å². The number of ketones is 1. The normalized spacial score (nSPS) is 12.6. The Labute approximate surface area is 205 Å². The van der Waals surface area contributed by atoms with Gasteiger partial charge in [0.1, 0.15) is 0 Å². The summed E-state index contributed by atoms with van der Waals surface area (Å²) in [5.41, 5.74) is 1.29. The molecule has 1 atom stereocenters. The lowest BCUT2D eigenvalue weighted by Crippen LogP contribution is -2.40. The molecule has 0 aromatic heterocycles. The number of aryl methyl sites for hydroxylation is 1. The predicted molar refractivity (Wildman–Crippen MR) is 127 cm³/mol. The molecule has 33 heavy (non-hydrogen) atoms. The number of halogens is 6. The maximum Gasteiger partial charge on any atom is 0.399 e. The fourth-order valence-corrected chi connectivity index (χ4v) is 3.75. The molecular formula is C23H22Cl3F3N2O2. The summed E-state index contributed by atoms with van der Waals surface area (Å²) < 4.78 is 41.1. The van der Waals surface area contributed by atoms with Gasteiger partial charge in [-0.3, -0.25) is 4.79 Å². The van der Waals surface area contributed by atoms with Crippen LogP contribution in [0.5, 0.6) is 0 Å². The van der Waals surface area contributed by atoms with Crippen molar-refractivity contribution in [1.29, 1.82) is 0 Å². The molecule has 2 amide bonds. The van der Waals surface area contributed by atoms with E-state index < -0.39 is 12.1 Å². The van der Waals surface area contributed by atoms with Crippen LogP contribution in [0.2, 0.25) is 15.1 Å². The highest BCUT2D eigenvalue weighted by atomic mass is 35.5. The van der Waals surface area contributed by atoms with Crippen molar-refractivity contribution < 1.29 is 22.8 Å². The molecule has 0 saturated carbocycles. The molecule has 0 heterocycles. The van der Waals surface area contributed by atoms with E-state index in [0.717, 1.165) is 18.2 Å². The zero-order valence-electron chi connectivity index (χ0n) is 18.1. The minimum Gasteiger partial charge on any atom is -0.338 e. The van der Waals surface area contributed by atoms with Crippen molar-refractivity contribution in [2.45, 2.75) is 25.9 Å². The maximum atomic E-state index is 13.7. The Morgan fingerprint density at radius 3 is 2.24 bits per heavy atom. The topological polar surface area (TPSA) is 49.4 Å². The van der Waals surface area contributed by atoms with Gasteiger partial charge in [0.25, 0.3) is 0 Å². The van der Waals surface area contributed by atoms with E-state index in [2.05, 4.69) is 5.32 Å². The van der Waals surface area contributed by atoms with Gasteiger partial charge in [0.05, 0.1) is 27.5 Å². The molecule has 0 spiro atoms. The molecule has 1 N–H and O–H groups in total. The van der Waals surface area contributed by atoms with Crippen LogP contribution in [-0.2, 0) is 0 Å². The number of hydrogen-bond donors (Lipinski definition) is 1. The van der Waals surface area contributed by atoms with Gasteiger partial charge in [-0.2, -0.15) is 13.2 Å². The van der Waals surface area contributed by atoms with Gasteiger partial charge in [-0.25, -0.2) is 4.79 Å². The Hall–Kier alpha value is -2.22. The molecule has 1 unspecified atom stereocenters. The Kier molecular flexibility index (Phi) is 9.23. The summed E-state index contributed by atoms with van der Waals surface area (Å²) in [6, 6.07) is 6.57. The van der Waals surface area contributed by atoms with Crippen LogP contribution in [0.25, 0.3) is 6.08 Å². The highest BCUT2D eigenvalue weighted by molar-refractivity contribution is 6.48. The first-order valence-corrected chi connectivity index (χ1v) is 11.0. The summed E-state index contributed by atoms with van der Waals surface area (Å²) in [5, 5.41) is 2.44. The van der Waals surface area contributed by atoms with Gasteiger partial charge in [0.2, 0.25) is 0 Å². The Balaban J connectivity index is 2.27. The van der Waals surface area contributed by atoms with Gasteiger partial charge < -0.3 is 10.2 Å². The smallest absolute Gasteiger partial charge is 0.338 e. The summed E-state index contributed by atoms with van der Waals surface area (Å²) in [4.78, 5) is 25.6. The number of alkyl halides is 3. The highest BCUT2D eigenvalue weighted by Gasteiger charge is 2.39. The van der Waals surface area contributed by atoms with Crippen molar-refractivity contribution >= 4 is 52.7 Å². The molecule has 0 aliphatic rings. The van der Waals surface area contributed by atoms with Crippen LogP contribution in [0.15, 0.2) is 36.4 Å². The molecular weight excluding hydrogens is 500 g/mol. The first kappa shape index (κ1) is 27.0. The molecule has 0 bridgehead atoms. The molecule has 178 valence electrons. The van der Waals surface area contributed by atoms with Crippen LogP contribution in [0.3, 0.4) is 0 Å². The van der Waals surface area contributed by atoms with Gasteiger partial charge in [0, 0.05) is 19.2 Å². The van der Waals surface area contributed by atoms with Crippen molar-refractivity contribution in [2.75, 3.05) is 20.1 Å². The number of amides is 2. The van der Waals surface area contributed by atoms with Gasteiger partial charge in [-0.1, -0.05) is 65.2 Å². The zero-order chi connectivity index (χ0) is 24.9. The number of hydrogen-bond acceptors (Lipinski definition) is 2. The molecule has 0 saturated heterocycles. The Morgan fingerprint density at radius 1 is 1.12 bits per heavy atom.